The summed E-state index contributed by atoms with van der Waals surface area (Å²) in [6.07, 6.45) is 12.0. The van der Waals surface area contributed by atoms with E-state index in [-0.39, 0.29) is 11.7 Å². The van der Waals surface area contributed by atoms with E-state index in [0.717, 1.165) is 60.5 Å². The van der Waals surface area contributed by atoms with Crippen LogP contribution < -0.4 is 4.72 Å². The van der Waals surface area contributed by atoms with Gasteiger partial charge in [-0.05, 0) is 67.9 Å². The molecule has 3 heterocycles. The molecule has 2 saturated carbocycles. The molecule has 6 nitrogen and oxygen atoms in total. The Bertz CT molecular complexity index is 1100. The Balaban J connectivity index is 1.30. The molecule has 3 aromatic heterocycles. The number of H-pyrrole nitrogens is 1. The van der Waals surface area contributed by atoms with Crippen molar-refractivity contribution in [2.75, 3.05) is 12.3 Å². The Kier molecular flexibility index (Phi) is 4.59. The standard InChI is InChI=1S/C21H26N4O2S/c26-28(27,25-10-14-3-4-14)13-15-5-7-16(8-6-15)18-11-23-21-20(18)17-2-1-9-22-19(17)12-24-21/h1-2,9,11-12,14-16,22,25H,3-8,10,13H2. The Hall–Kier alpha value is -1.99. The van der Waals surface area contributed by atoms with Crippen LogP contribution in [0.25, 0.3) is 21.9 Å². The lowest BCUT2D eigenvalue weighted by molar-refractivity contribution is 0.349. The predicted molar refractivity (Wildman–Crippen MR) is 111 cm³/mol. The second kappa shape index (κ2) is 7.12. The number of rotatable bonds is 6. The van der Waals surface area contributed by atoms with Crippen LogP contribution in [0.3, 0.4) is 0 Å². The molecule has 7 heteroatoms. The maximum atomic E-state index is 12.3. The third kappa shape index (κ3) is 3.65. The Labute approximate surface area is 165 Å². The number of hydrogen-bond acceptors (Lipinski definition) is 4. The topological polar surface area (TPSA) is 87.7 Å². The molecule has 2 N–H and O–H groups in total. The van der Waals surface area contributed by atoms with Crippen LogP contribution in [0, 0.1) is 11.8 Å². The minimum absolute atomic E-state index is 0.255. The summed E-state index contributed by atoms with van der Waals surface area (Å²) in [4.78, 5) is 12.3. The maximum absolute atomic E-state index is 12.3. The minimum atomic E-state index is -3.15. The van der Waals surface area contributed by atoms with Crippen molar-refractivity contribution < 1.29 is 8.42 Å². The van der Waals surface area contributed by atoms with Gasteiger partial charge in [-0.3, -0.25) is 0 Å². The SMILES string of the molecule is O=S(=O)(CC1CCC(c2cnc3ncc4[nH]cccc4c23)CC1)NCC1CC1. The normalized spacial score (nSPS) is 23.4. The fraction of sp³-hybridized carbons (Fsp3) is 0.524. The fourth-order valence-electron chi connectivity index (χ4n) is 4.55. The summed E-state index contributed by atoms with van der Waals surface area (Å²) >= 11 is 0. The van der Waals surface area contributed by atoms with Crippen molar-refractivity contribution >= 4 is 32.0 Å². The number of fused-ring (bicyclic) bond motifs is 3. The third-order valence-electron chi connectivity index (χ3n) is 6.34. The molecule has 2 fully saturated rings. The first-order chi connectivity index (χ1) is 13.6. The number of nitrogens with zero attached hydrogens (tertiary/aromatic N) is 2. The van der Waals surface area contributed by atoms with E-state index in [0.29, 0.717) is 18.4 Å². The first-order valence-electron chi connectivity index (χ1n) is 10.3. The van der Waals surface area contributed by atoms with Gasteiger partial charge in [0.1, 0.15) is 0 Å². The summed E-state index contributed by atoms with van der Waals surface area (Å²) < 4.78 is 27.5. The maximum Gasteiger partial charge on any atom is 0.211 e. The zero-order valence-corrected chi connectivity index (χ0v) is 16.7. The summed E-state index contributed by atoms with van der Waals surface area (Å²) in [6.45, 7) is 0.625. The van der Waals surface area contributed by atoms with Gasteiger partial charge < -0.3 is 4.98 Å². The van der Waals surface area contributed by atoms with Gasteiger partial charge in [0, 0.05) is 29.7 Å². The third-order valence-corrected chi connectivity index (χ3v) is 7.86. The van der Waals surface area contributed by atoms with Crippen molar-refractivity contribution in [2.45, 2.75) is 44.4 Å². The van der Waals surface area contributed by atoms with Crippen molar-refractivity contribution in [3.63, 3.8) is 0 Å². The highest BCUT2D eigenvalue weighted by molar-refractivity contribution is 7.89. The molecule has 0 atom stereocenters. The molecule has 2 aliphatic carbocycles. The van der Waals surface area contributed by atoms with Crippen molar-refractivity contribution in [2.24, 2.45) is 11.8 Å². The zero-order chi connectivity index (χ0) is 19.1. The predicted octanol–water partition coefficient (Wildman–Crippen LogP) is 3.71. The van der Waals surface area contributed by atoms with Crippen LogP contribution in [-0.2, 0) is 10.0 Å². The summed E-state index contributed by atoms with van der Waals surface area (Å²) in [5, 5.41) is 2.31. The monoisotopic (exact) mass is 398 g/mol. The molecule has 2 aliphatic rings. The van der Waals surface area contributed by atoms with Gasteiger partial charge in [0.25, 0.3) is 0 Å². The molecular weight excluding hydrogens is 372 g/mol. The Morgan fingerprint density at radius 1 is 1.04 bits per heavy atom. The van der Waals surface area contributed by atoms with Gasteiger partial charge in [-0.1, -0.05) is 6.07 Å². The van der Waals surface area contributed by atoms with E-state index >= 15 is 0 Å². The highest BCUT2D eigenvalue weighted by Gasteiger charge is 2.29. The number of sulfonamides is 1. The van der Waals surface area contributed by atoms with E-state index in [4.69, 9.17) is 0 Å². The lowest BCUT2D eigenvalue weighted by Crippen LogP contribution is -2.32. The van der Waals surface area contributed by atoms with Gasteiger partial charge in [-0.15, -0.1) is 0 Å². The molecule has 3 aromatic rings. The fourth-order valence-corrected chi connectivity index (χ4v) is 6.11. The first kappa shape index (κ1) is 18.1. The van der Waals surface area contributed by atoms with E-state index in [1.165, 1.54) is 5.56 Å². The minimum Gasteiger partial charge on any atom is -0.360 e. The number of pyridine rings is 2. The van der Waals surface area contributed by atoms with Crippen molar-refractivity contribution in [1.82, 2.24) is 19.7 Å². The average Bonchev–Trinajstić information content (AvgIpc) is 3.44. The zero-order valence-electron chi connectivity index (χ0n) is 15.9. The smallest absolute Gasteiger partial charge is 0.211 e. The van der Waals surface area contributed by atoms with Gasteiger partial charge in [0.15, 0.2) is 5.65 Å². The second-order valence-electron chi connectivity index (χ2n) is 8.46. The molecule has 0 aliphatic heterocycles. The van der Waals surface area contributed by atoms with E-state index in [1.807, 2.05) is 24.7 Å². The van der Waals surface area contributed by atoms with Gasteiger partial charge >= 0.3 is 0 Å². The number of aromatic nitrogens is 3. The van der Waals surface area contributed by atoms with Crippen molar-refractivity contribution in [3.8, 4) is 0 Å². The lowest BCUT2D eigenvalue weighted by Gasteiger charge is -2.28. The molecule has 5 rings (SSSR count). The van der Waals surface area contributed by atoms with Crippen molar-refractivity contribution in [1.29, 1.82) is 0 Å². The molecule has 0 aromatic carbocycles. The molecule has 0 radical (unpaired) electrons. The molecule has 28 heavy (non-hydrogen) atoms. The molecule has 0 saturated heterocycles. The van der Waals surface area contributed by atoms with Crippen LogP contribution in [-0.4, -0.2) is 35.7 Å². The number of aromatic amines is 1. The average molecular weight is 399 g/mol. The Morgan fingerprint density at radius 3 is 2.57 bits per heavy atom. The van der Waals surface area contributed by atoms with Gasteiger partial charge in [-0.25, -0.2) is 23.1 Å². The summed E-state index contributed by atoms with van der Waals surface area (Å²) in [6, 6.07) is 4.12. The van der Waals surface area contributed by atoms with Gasteiger partial charge in [-0.2, -0.15) is 0 Å². The highest BCUT2D eigenvalue weighted by Crippen LogP contribution is 2.40. The highest BCUT2D eigenvalue weighted by atomic mass is 32.2. The molecule has 0 bridgehead atoms. The van der Waals surface area contributed by atoms with E-state index < -0.39 is 10.0 Å². The molecule has 0 unspecified atom stereocenters. The quantitative estimate of drug-likeness (QED) is 0.662. The van der Waals surface area contributed by atoms with Gasteiger partial charge in [0.2, 0.25) is 10.0 Å². The van der Waals surface area contributed by atoms with E-state index in [9.17, 15) is 8.42 Å². The van der Waals surface area contributed by atoms with Crippen LogP contribution in [0.1, 0.15) is 50.0 Å². The van der Waals surface area contributed by atoms with Gasteiger partial charge in [0.05, 0.1) is 17.5 Å². The van der Waals surface area contributed by atoms with Crippen molar-refractivity contribution in [3.05, 3.63) is 36.3 Å². The number of nitrogens with one attached hydrogen (secondary N) is 2. The molecule has 0 spiro atoms. The van der Waals surface area contributed by atoms with Crippen LogP contribution in [0.4, 0.5) is 0 Å². The van der Waals surface area contributed by atoms with Crippen LogP contribution >= 0.6 is 0 Å². The summed E-state index contributed by atoms with van der Waals surface area (Å²) in [7, 11) is -3.15. The Morgan fingerprint density at radius 2 is 1.79 bits per heavy atom. The van der Waals surface area contributed by atoms with Crippen LogP contribution in [0.5, 0.6) is 0 Å². The van der Waals surface area contributed by atoms with E-state index in [1.54, 1.807) is 0 Å². The number of hydrogen-bond donors (Lipinski definition) is 2. The van der Waals surface area contributed by atoms with Crippen LogP contribution in [0.15, 0.2) is 30.7 Å². The van der Waals surface area contributed by atoms with E-state index in [2.05, 4.69) is 25.7 Å². The second-order valence-corrected chi connectivity index (χ2v) is 10.3. The van der Waals surface area contributed by atoms with Crippen LogP contribution in [0.2, 0.25) is 0 Å². The molecular formula is C21H26N4O2S. The molecule has 148 valence electrons. The molecule has 0 amide bonds. The summed E-state index contributed by atoms with van der Waals surface area (Å²) in [5.41, 5.74) is 3.09. The summed E-state index contributed by atoms with van der Waals surface area (Å²) in [5.74, 6) is 1.52. The largest absolute Gasteiger partial charge is 0.360 e. The lowest BCUT2D eigenvalue weighted by atomic mass is 9.79. The first-order valence-corrected chi connectivity index (χ1v) is 11.9.